The molecule has 128 heavy (non-hydrogen) atoms. The molecular formula is C128H284. The second-order valence-corrected chi connectivity index (χ2v) is 51.1. The summed E-state index contributed by atoms with van der Waals surface area (Å²) in [6, 6.07) is 0. The van der Waals surface area contributed by atoms with Gasteiger partial charge in [-0.15, -0.1) is 0 Å². The lowest BCUT2D eigenvalue weighted by atomic mass is 9.77. The molecule has 0 spiro atoms. The molecule has 0 aromatic heterocycles. The Balaban J connectivity index is -0.0000000911. The molecule has 0 aliphatic carbocycles. The van der Waals surface area contributed by atoms with E-state index in [1.165, 1.54) is 302 Å². The van der Waals surface area contributed by atoms with Crippen molar-refractivity contribution < 1.29 is 0 Å². The Morgan fingerprint density at radius 2 is 0.594 bits per heavy atom. The van der Waals surface area contributed by atoms with Gasteiger partial charge in [0.15, 0.2) is 0 Å². The van der Waals surface area contributed by atoms with Crippen molar-refractivity contribution in [3.63, 3.8) is 0 Å². The maximum absolute atomic E-state index is 2.39. The summed E-state index contributed by atoms with van der Waals surface area (Å²) in [5, 5.41) is 0. The first-order valence-electron chi connectivity index (χ1n) is 58.7. The van der Waals surface area contributed by atoms with Gasteiger partial charge in [-0.2, -0.15) is 0 Å². The van der Waals surface area contributed by atoms with E-state index < -0.39 is 0 Å². The fourth-order valence-corrected chi connectivity index (χ4v) is 16.5. The van der Waals surface area contributed by atoms with Crippen LogP contribution in [0.5, 0.6) is 0 Å². The molecule has 0 amide bonds. The van der Waals surface area contributed by atoms with E-state index in [0.717, 1.165) is 76.9 Å². The maximum Gasteiger partial charge on any atom is -0.0331 e. The van der Waals surface area contributed by atoms with E-state index in [1.807, 2.05) is 0 Å². The van der Waals surface area contributed by atoms with Gasteiger partial charge in [-0.25, -0.2) is 0 Å². The lowest BCUT2D eigenvalue weighted by Gasteiger charge is -2.29. The zero-order valence-corrected chi connectivity index (χ0v) is 104. The van der Waals surface area contributed by atoms with Crippen LogP contribution in [0.15, 0.2) is 0 Å². The van der Waals surface area contributed by atoms with E-state index in [2.05, 4.69) is 409 Å². The van der Waals surface area contributed by atoms with E-state index >= 15 is 0 Å². The van der Waals surface area contributed by atoms with Crippen molar-refractivity contribution in [3.8, 4) is 0 Å². The number of unbranched alkanes of at least 4 members (excludes halogenated alkanes) is 5. The van der Waals surface area contributed by atoms with Crippen LogP contribution in [0.2, 0.25) is 0 Å². The Morgan fingerprint density at radius 1 is 0.211 bits per heavy atom. The molecule has 0 aromatic rings. The van der Waals surface area contributed by atoms with Crippen LogP contribution in [0.25, 0.3) is 0 Å². The van der Waals surface area contributed by atoms with Crippen molar-refractivity contribution in [1.29, 1.82) is 0 Å². The van der Waals surface area contributed by atoms with Crippen LogP contribution in [0.4, 0.5) is 0 Å². The standard InChI is InChI=1S/2C10H22.12C9H20/c1-6-7-9(2)8-10(3,4)5;1-6-7-8-9(2)10(3,4)5;1-8(2)6-7-9(3,4)5;1-6-9(4,5)7-8(2)3;1-6-8(3)9(4,5)7-2;1-5-6-7-8-9(2,3)4;1-5-9(6-2)7-8(3)4;1-5-7-8-9(3,4)6-2;1-5-7-9(3,4)8-6-2;1-5-7-9(6-2)8(3)4;1-5-8-9(4,6-2)7-3;1-5-8(4)9(6-2)7-3;1-4-7-8-9(5-2)6-3;1-4-7-9(6-3)8-5-2/h2*9H,6-8H2,1-5H3;3*8H,6-7H2,1-5H3;5-8H2,1-4H3;8-9H,5-7H2,1-4H3;2*5-8H2,1-4H3;8-9H,5-7H2,1-4H3;5-8H2,1-4H3;8-9H,5-7H2,1-4H3;2*9H,4-8H2,1-3H3. The second kappa shape index (κ2) is 103. The van der Waals surface area contributed by atoms with Gasteiger partial charge in [-0.05, 0) is 183 Å². The lowest BCUT2D eigenvalue weighted by Crippen LogP contribution is -2.19. The van der Waals surface area contributed by atoms with Crippen molar-refractivity contribution in [3.05, 3.63) is 0 Å². The summed E-state index contributed by atoms with van der Waals surface area (Å²) in [5.74, 6) is 12.0. The molecular weight excluding hydrogens is 1540 g/mol. The molecule has 0 heteroatoms. The molecule has 0 radical (unpaired) electrons. The predicted octanol–water partition coefficient (Wildman–Crippen LogP) is 50.2. The zero-order chi connectivity index (χ0) is 104. The quantitative estimate of drug-likeness (QED) is 0.0533. The van der Waals surface area contributed by atoms with Gasteiger partial charge in [0.05, 0.1) is 0 Å². The molecule has 0 aliphatic heterocycles. The number of hydrogen-bond acceptors (Lipinski definition) is 0. The molecule has 796 valence electrons. The summed E-state index contributed by atoms with van der Waals surface area (Å²) in [7, 11) is 0. The van der Waals surface area contributed by atoms with Gasteiger partial charge in [0.1, 0.15) is 0 Å². The molecule has 0 fully saturated rings. The van der Waals surface area contributed by atoms with Crippen LogP contribution in [0.3, 0.4) is 0 Å². The summed E-state index contributed by atoms with van der Waals surface area (Å²) in [6.07, 6.45) is 64.1. The van der Waals surface area contributed by atoms with Crippen LogP contribution in [-0.4, -0.2) is 0 Å². The third-order valence-corrected chi connectivity index (χ3v) is 29.2. The summed E-state index contributed by atoms with van der Waals surface area (Å²) in [4.78, 5) is 0. The van der Waals surface area contributed by atoms with Gasteiger partial charge in [0.25, 0.3) is 0 Å². The summed E-state index contributed by atoms with van der Waals surface area (Å²) >= 11 is 0. The van der Waals surface area contributed by atoms with Gasteiger partial charge in [0, 0.05) is 0 Å². The fourth-order valence-electron chi connectivity index (χ4n) is 16.5. The smallest absolute Gasteiger partial charge is 0.0331 e. The largest absolute Gasteiger partial charge is 0.0654 e. The average molecular weight is 1820 g/mol. The highest BCUT2D eigenvalue weighted by Crippen LogP contribution is 2.35. The van der Waals surface area contributed by atoms with Gasteiger partial charge in [-0.1, -0.05) is 652 Å². The Bertz CT molecular complexity index is 1880. The van der Waals surface area contributed by atoms with Gasteiger partial charge in [0.2, 0.25) is 0 Å². The Labute approximate surface area is 830 Å². The summed E-state index contributed by atoms with van der Waals surface area (Å²) < 4.78 is 0. The first kappa shape index (κ1) is 159. The molecule has 0 saturated heterocycles. The van der Waals surface area contributed by atoms with Crippen LogP contribution in [-0.2, 0) is 0 Å². The molecule has 0 aliphatic rings. The molecule has 0 rings (SSSR count). The van der Waals surface area contributed by atoms with Crippen molar-refractivity contribution in [2.75, 3.05) is 0 Å². The van der Waals surface area contributed by atoms with Crippen molar-refractivity contribution in [2.24, 2.45) is 126 Å². The van der Waals surface area contributed by atoms with E-state index in [4.69, 9.17) is 0 Å². The van der Waals surface area contributed by atoms with E-state index in [-0.39, 0.29) is 0 Å². The van der Waals surface area contributed by atoms with Crippen LogP contribution < -0.4 is 0 Å². The topological polar surface area (TPSA) is 0 Å². The number of hydrogen-bond donors (Lipinski definition) is 0. The highest BCUT2D eigenvalue weighted by atomic mass is 14.3. The molecule has 0 aromatic carbocycles. The van der Waals surface area contributed by atoms with E-state index in [0.29, 0.717) is 48.7 Å². The highest BCUT2D eigenvalue weighted by Gasteiger charge is 2.23. The average Bonchev–Trinajstić information content (AvgIpc) is 0.912. The monoisotopic (exact) mass is 1820 g/mol. The fraction of sp³-hybridized carbons (Fsp3) is 1.00. The molecule has 5 atom stereocenters. The van der Waals surface area contributed by atoms with Gasteiger partial charge >= 0.3 is 0 Å². The molecule has 0 saturated carbocycles. The lowest BCUT2D eigenvalue weighted by molar-refractivity contribution is 0.215. The first-order chi connectivity index (χ1) is 58.7. The second-order valence-electron chi connectivity index (χ2n) is 51.1. The van der Waals surface area contributed by atoms with Gasteiger partial charge in [-0.3, -0.25) is 0 Å². The van der Waals surface area contributed by atoms with Crippen LogP contribution in [0.1, 0.15) is 710 Å². The predicted molar refractivity (Wildman–Crippen MR) is 619 cm³/mol. The van der Waals surface area contributed by atoms with Crippen molar-refractivity contribution in [1.82, 2.24) is 0 Å². The Kier molecular flexibility index (Phi) is 128. The zero-order valence-electron chi connectivity index (χ0n) is 104. The third kappa shape index (κ3) is 141. The molecule has 0 N–H and O–H groups in total. The summed E-state index contributed by atoms with van der Waals surface area (Å²) in [5.41, 5.74) is 5.06. The van der Waals surface area contributed by atoms with Crippen LogP contribution in [0, 0.1) is 126 Å². The SMILES string of the molecule is CC(C)CCC(C)(C)C.CCC(C)(C)CC(C)C.CCC(C)C(C)(C)CC.CCC(C)C(CC)CC.CCC(CC)CC(C)C.CCCC(C)(C)CCC.CCCC(C)(CC)CC.CCCC(C)CC(C)(C)C.CCCC(CC)C(C)C.CCCC(CC)CCC.CCCCC(C)(C)CC.CCCCC(C)C(C)(C)C.CCCCC(CC)CC.CCCCCC(C)(C)C. The highest BCUT2D eigenvalue weighted by molar-refractivity contribution is 4.75. The van der Waals surface area contributed by atoms with Crippen molar-refractivity contribution >= 4 is 0 Å². The van der Waals surface area contributed by atoms with Gasteiger partial charge < -0.3 is 0 Å². The minimum absolute atomic E-state index is 0.509. The minimum atomic E-state index is 0.509. The molecule has 5 unspecified atom stereocenters. The molecule has 0 bridgehead atoms. The van der Waals surface area contributed by atoms with Crippen LogP contribution >= 0.6 is 0 Å². The van der Waals surface area contributed by atoms with E-state index in [9.17, 15) is 0 Å². The number of rotatable bonds is 51. The Morgan fingerprint density at radius 3 is 0.797 bits per heavy atom. The third-order valence-electron chi connectivity index (χ3n) is 29.2. The van der Waals surface area contributed by atoms with E-state index in [1.54, 1.807) is 0 Å². The molecule has 0 nitrogen and oxygen atoms in total. The normalized spacial score (nSPS) is 13.0. The summed E-state index contributed by atoms with van der Waals surface area (Å²) in [6.45, 7) is 136. The Hall–Kier alpha value is 0. The first-order valence-corrected chi connectivity index (χ1v) is 58.7. The minimum Gasteiger partial charge on any atom is -0.0654 e. The molecule has 0 heterocycles. The maximum atomic E-state index is 2.39. The van der Waals surface area contributed by atoms with Crippen molar-refractivity contribution in [2.45, 2.75) is 710 Å².